The third-order valence-corrected chi connectivity index (χ3v) is 3.54. The summed E-state index contributed by atoms with van der Waals surface area (Å²) in [4.78, 5) is 0. The van der Waals surface area contributed by atoms with E-state index in [1.165, 1.54) is 0 Å². The number of hydrogen-bond acceptors (Lipinski definition) is 4. The summed E-state index contributed by atoms with van der Waals surface area (Å²) in [5.74, 6) is 1.59. The summed E-state index contributed by atoms with van der Waals surface area (Å²) in [5.41, 5.74) is 1.10. The van der Waals surface area contributed by atoms with Crippen molar-refractivity contribution in [3.63, 3.8) is 0 Å². The highest BCUT2D eigenvalue weighted by Gasteiger charge is 2.27. The number of aliphatic hydroxyl groups is 1. The van der Waals surface area contributed by atoms with Crippen molar-refractivity contribution in [2.75, 3.05) is 13.7 Å². The molecule has 0 aromatic heterocycles. The zero-order valence-corrected chi connectivity index (χ0v) is 11.7. The molecule has 2 N–H and O–H groups in total. The molecule has 2 unspecified atom stereocenters. The average molecular weight is 265 g/mol. The second-order valence-electron chi connectivity index (χ2n) is 4.91. The molecule has 0 heterocycles. The number of rotatable bonds is 6. The van der Waals surface area contributed by atoms with E-state index in [0.717, 1.165) is 49.4 Å². The predicted molar refractivity (Wildman–Crippen MR) is 74.6 cm³/mol. The van der Waals surface area contributed by atoms with E-state index in [9.17, 15) is 5.11 Å². The Morgan fingerprint density at radius 2 is 2.21 bits per heavy atom. The third-order valence-electron chi connectivity index (χ3n) is 3.54. The van der Waals surface area contributed by atoms with Crippen LogP contribution < -0.4 is 14.8 Å². The SMILES string of the molecule is CCNCc1ccc(OC)cc1OC1CCCC1O. The van der Waals surface area contributed by atoms with Gasteiger partial charge in [0.2, 0.25) is 0 Å². The van der Waals surface area contributed by atoms with Gasteiger partial charge in [-0.1, -0.05) is 13.0 Å². The van der Waals surface area contributed by atoms with Crippen LogP contribution in [0.2, 0.25) is 0 Å². The molecule has 0 aliphatic heterocycles. The summed E-state index contributed by atoms with van der Waals surface area (Å²) in [7, 11) is 1.65. The lowest BCUT2D eigenvalue weighted by atomic mass is 10.1. The molecule has 106 valence electrons. The molecule has 4 heteroatoms. The van der Waals surface area contributed by atoms with Crippen LogP contribution in [0.4, 0.5) is 0 Å². The van der Waals surface area contributed by atoms with Gasteiger partial charge in [-0.15, -0.1) is 0 Å². The second-order valence-corrected chi connectivity index (χ2v) is 4.91. The van der Waals surface area contributed by atoms with Crippen LogP contribution >= 0.6 is 0 Å². The quantitative estimate of drug-likeness (QED) is 0.827. The lowest BCUT2D eigenvalue weighted by Gasteiger charge is -2.20. The molecule has 1 aromatic carbocycles. The first kappa shape index (κ1) is 14.2. The van der Waals surface area contributed by atoms with E-state index in [4.69, 9.17) is 9.47 Å². The van der Waals surface area contributed by atoms with Gasteiger partial charge >= 0.3 is 0 Å². The third kappa shape index (κ3) is 3.61. The minimum Gasteiger partial charge on any atom is -0.497 e. The molecular formula is C15H23NO3. The first-order chi connectivity index (χ1) is 9.24. The van der Waals surface area contributed by atoms with Crippen LogP contribution in [0.15, 0.2) is 18.2 Å². The van der Waals surface area contributed by atoms with Crippen LogP contribution in [0.25, 0.3) is 0 Å². The van der Waals surface area contributed by atoms with Gasteiger partial charge in [0.05, 0.1) is 13.2 Å². The molecule has 1 saturated carbocycles. The molecule has 2 rings (SSSR count). The maximum atomic E-state index is 9.87. The molecule has 4 nitrogen and oxygen atoms in total. The van der Waals surface area contributed by atoms with Gasteiger partial charge in [0.1, 0.15) is 17.6 Å². The Kier molecular flexibility index (Phi) is 5.05. The van der Waals surface area contributed by atoms with Crippen LogP contribution in [0.1, 0.15) is 31.7 Å². The Labute approximate surface area is 114 Å². The van der Waals surface area contributed by atoms with Crippen molar-refractivity contribution in [2.24, 2.45) is 0 Å². The maximum absolute atomic E-state index is 9.87. The Morgan fingerprint density at radius 3 is 2.84 bits per heavy atom. The predicted octanol–water partition coefficient (Wildman–Crippen LogP) is 2.10. The smallest absolute Gasteiger partial charge is 0.128 e. The summed E-state index contributed by atoms with van der Waals surface area (Å²) >= 11 is 0. The van der Waals surface area contributed by atoms with E-state index in [-0.39, 0.29) is 12.2 Å². The van der Waals surface area contributed by atoms with Crippen molar-refractivity contribution in [3.8, 4) is 11.5 Å². The number of aliphatic hydroxyl groups excluding tert-OH is 1. The Balaban J connectivity index is 2.14. The van der Waals surface area contributed by atoms with E-state index in [1.54, 1.807) is 7.11 Å². The first-order valence-corrected chi connectivity index (χ1v) is 6.97. The van der Waals surface area contributed by atoms with Crippen molar-refractivity contribution >= 4 is 0 Å². The van der Waals surface area contributed by atoms with Gasteiger partial charge in [0.25, 0.3) is 0 Å². The zero-order chi connectivity index (χ0) is 13.7. The second kappa shape index (κ2) is 6.78. The number of methoxy groups -OCH3 is 1. The maximum Gasteiger partial charge on any atom is 0.128 e. The zero-order valence-electron chi connectivity index (χ0n) is 11.7. The summed E-state index contributed by atoms with van der Waals surface area (Å²) in [6.45, 7) is 3.75. The molecule has 1 aliphatic rings. The van der Waals surface area contributed by atoms with Gasteiger partial charge in [0, 0.05) is 18.2 Å². The van der Waals surface area contributed by atoms with E-state index in [0.29, 0.717) is 0 Å². The molecule has 1 fully saturated rings. The molecule has 0 saturated heterocycles. The summed E-state index contributed by atoms with van der Waals surface area (Å²) < 4.78 is 11.2. The fraction of sp³-hybridized carbons (Fsp3) is 0.600. The van der Waals surface area contributed by atoms with E-state index in [2.05, 4.69) is 12.2 Å². The van der Waals surface area contributed by atoms with Crippen molar-refractivity contribution in [2.45, 2.75) is 44.9 Å². The largest absolute Gasteiger partial charge is 0.497 e. The monoisotopic (exact) mass is 265 g/mol. The molecule has 2 atom stereocenters. The first-order valence-electron chi connectivity index (χ1n) is 6.97. The van der Waals surface area contributed by atoms with Crippen molar-refractivity contribution in [1.82, 2.24) is 5.32 Å². The highest BCUT2D eigenvalue weighted by molar-refractivity contribution is 5.41. The number of ether oxygens (including phenoxy) is 2. The van der Waals surface area contributed by atoms with E-state index >= 15 is 0 Å². The summed E-state index contributed by atoms with van der Waals surface area (Å²) in [5, 5.41) is 13.2. The lowest BCUT2D eigenvalue weighted by Crippen LogP contribution is -2.26. The molecular weight excluding hydrogens is 242 g/mol. The van der Waals surface area contributed by atoms with Crippen LogP contribution in [-0.2, 0) is 6.54 Å². The van der Waals surface area contributed by atoms with E-state index < -0.39 is 0 Å². The lowest BCUT2D eigenvalue weighted by molar-refractivity contribution is 0.0596. The normalized spacial score (nSPS) is 22.5. The van der Waals surface area contributed by atoms with Crippen LogP contribution in [0.5, 0.6) is 11.5 Å². The number of hydrogen-bond donors (Lipinski definition) is 2. The van der Waals surface area contributed by atoms with Gasteiger partial charge in [-0.3, -0.25) is 0 Å². The molecule has 0 spiro atoms. The highest BCUT2D eigenvalue weighted by atomic mass is 16.5. The molecule has 1 aromatic rings. The standard InChI is InChI=1S/C15H23NO3/c1-3-16-10-11-7-8-12(18-2)9-15(11)19-14-6-4-5-13(14)17/h7-9,13-14,16-17H,3-6,10H2,1-2H3. The van der Waals surface area contributed by atoms with Crippen LogP contribution in [-0.4, -0.2) is 31.0 Å². The van der Waals surface area contributed by atoms with Crippen LogP contribution in [0.3, 0.4) is 0 Å². The van der Waals surface area contributed by atoms with E-state index in [1.807, 2.05) is 18.2 Å². The van der Waals surface area contributed by atoms with Crippen molar-refractivity contribution in [3.05, 3.63) is 23.8 Å². The Bertz CT molecular complexity index is 408. The van der Waals surface area contributed by atoms with Gasteiger partial charge in [-0.05, 0) is 31.9 Å². The van der Waals surface area contributed by atoms with Gasteiger partial charge < -0.3 is 19.9 Å². The Morgan fingerprint density at radius 1 is 1.37 bits per heavy atom. The molecule has 0 amide bonds. The average Bonchev–Trinajstić information content (AvgIpc) is 2.83. The van der Waals surface area contributed by atoms with Gasteiger partial charge in [-0.2, -0.15) is 0 Å². The topological polar surface area (TPSA) is 50.7 Å². The fourth-order valence-corrected chi connectivity index (χ4v) is 2.38. The summed E-state index contributed by atoms with van der Waals surface area (Å²) in [6, 6.07) is 5.85. The highest BCUT2D eigenvalue weighted by Crippen LogP contribution is 2.30. The minimum absolute atomic E-state index is 0.0903. The minimum atomic E-state index is -0.349. The van der Waals surface area contributed by atoms with Crippen molar-refractivity contribution < 1.29 is 14.6 Å². The Hall–Kier alpha value is -1.26. The molecule has 19 heavy (non-hydrogen) atoms. The molecule has 1 aliphatic carbocycles. The number of benzene rings is 1. The van der Waals surface area contributed by atoms with Crippen molar-refractivity contribution in [1.29, 1.82) is 0 Å². The molecule has 0 radical (unpaired) electrons. The van der Waals surface area contributed by atoms with Gasteiger partial charge in [0.15, 0.2) is 0 Å². The summed E-state index contributed by atoms with van der Waals surface area (Å²) in [6.07, 6.45) is 2.33. The van der Waals surface area contributed by atoms with Crippen LogP contribution in [0, 0.1) is 0 Å². The molecule has 0 bridgehead atoms. The number of nitrogens with one attached hydrogen (secondary N) is 1. The fourth-order valence-electron chi connectivity index (χ4n) is 2.38. The van der Waals surface area contributed by atoms with Gasteiger partial charge in [-0.25, -0.2) is 0 Å².